The summed E-state index contributed by atoms with van der Waals surface area (Å²) < 4.78 is 11.9. The average Bonchev–Trinajstić information content (AvgIpc) is 0.786. The molecule has 0 spiro atoms. The average molecular weight is 1570 g/mol. The Bertz CT molecular complexity index is 3430. The quantitative estimate of drug-likeness (QED) is 0.0129. The number of esters is 1. The molecule has 0 aromatic heterocycles. The van der Waals surface area contributed by atoms with Gasteiger partial charge in [0.15, 0.2) is 18.0 Å². The number of piperidine rings is 1. The van der Waals surface area contributed by atoms with E-state index in [0.29, 0.717) is 6.42 Å². The van der Waals surface area contributed by atoms with Crippen molar-refractivity contribution in [2.75, 3.05) is 33.8 Å². The van der Waals surface area contributed by atoms with Crippen LogP contribution in [0, 0.1) is 35.5 Å². The van der Waals surface area contributed by atoms with Crippen LogP contribution < -0.4 is 82.7 Å². The fourth-order valence-electron chi connectivity index (χ4n) is 13.0. The topological polar surface area (TPSA) is 668 Å². The number of carbonyl (C=O) groups is 14. The first kappa shape index (κ1) is 95.1. The Labute approximate surface area is 645 Å². The summed E-state index contributed by atoms with van der Waals surface area (Å²) in [5.74, 6) is -21.7. The largest absolute Gasteiger partial charge is 0.508 e. The van der Waals surface area contributed by atoms with Gasteiger partial charge in [0, 0.05) is 46.1 Å². The van der Waals surface area contributed by atoms with Gasteiger partial charge in [0.25, 0.3) is 5.91 Å². The summed E-state index contributed by atoms with van der Waals surface area (Å²) in [5.41, 5.74) is 39.3. The van der Waals surface area contributed by atoms with E-state index in [1.807, 2.05) is 13.8 Å². The van der Waals surface area contributed by atoms with Crippen LogP contribution in [0.1, 0.15) is 158 Å². The summed E-state index contributed by atoms with van der Waals surface area (Å²) in [5, 5.41) is 76.1. The molecule has 1 aromatic rings. The molecule has 40 heteroatoms. The van der Waals surface area contributed by atoms with E-state index in [-0.39, 0.29) is 106 Å². The Morgan fingerprint density at radius 2 is 1.24 bits per heavy atom. The van der Waals surface area contributed by atoms with Crippen LogP contribution >= 0.6 is 0 Å². The number of rotatable bonds is 36. The Morgan fingerprint density at radius 3 is 1.79 bits per heavy atom. The number of primary amides is 3. The molecule has 2 aliphatic heterocycles. The minimum Gasteiger partial charge on any atom is -0.508 e. The molecule has 2 fully saturated rings. The number of cyclic esters (lactones) is 1. The van der Waals surface area contributed by atoms with Gasteiger partial charge in [0.05, 0.1) is 30.6 Å². The van der Waals surface area contributed by atoms with E-state index in [4.69, 9.17) is 49.6 Å². The molecule has 9 unspecified atom stereocenters. The predicted molar refractivity (Wildman–Crippen MR) is 401 cm³/mol. The summed E-state index contributed by atoms with van der Waals surface area (Å²) in [6, 6.07) is -13.0. The van der Waals surface area contributed by atoms with Gasteiger partial charge in [-0.25, -0.2) is 4.79 Å². The third kappa shape index (κ3) is 29.6. The first-order chi connectivity index (χ1) is 51.8. The molecule has 0 aliphatic carbocycles. The molecule has 13 amide bonds. The number of hydrogen-bond donors (Lipinski definition) is 20. The molecule has 1 aromatic carbocycles. The van der Waals surface area contributed by atoms with Crippen LogP contribution in [0.5, 0.6) is 5.75 Å². The van der Waals surface area contributed by atoms with Gasteiger partial charge < -0.3 is 127 Å². The molecule has 3 rings (SSSR count). The van der Waals surface area contributed by atoms with Gasteiger partial charge in [0.2, 0.25) is 70.9 Å². The monoisotopic (exact) mass is 1570 g/mol. The smallest absolute Gasteiger partial charge is 0.329 e. The number of methoxy groups -OCH3 is 1. The van der Waals surface area contributed by atoms with Crippen molar-refractivity contribution in [3.8, 4) is 5.75 Å². The van der Waals surface area contributed by atoms with Crippen LogP contribution in [-0.2, 0) is 76.6 Å². The van der Waals surface area contributed by atoms with Crippen molar-refractivity contribution < 1.29 is 102 Å². The molecule has 2 saturated heterocycles. The molecule has 0 bridgehead atoms. The van der Waals surface area contributed by atoms with Crippen molar-refractivity contribution in [1.29, 1.82) is 0 Å². The molecule has 27 N–H and O–H groups in total. The number of aliphatic hydroxyl groups excluding tert-OH is 4. The van der Waals surface area contributed by atoms with Crippen molar-refractivity contribution >= 4 is 94.7 Å². The number of nitrogens with two attached hydrogens (primary N) is 7. The van der Waals surface area contributed by atoms with Crippen LogP contribution in [-0.4, -0.2) is 255 Å². The molecular formula is C71H119N19O21. The molecule has 111 heavy (non-hydrogen) atoms. The zero-order chi connectivity index (χ0) is 84.2. The number of fused-ring (bicyclic) bond motifs is 1. The van der Waals surface area contributed by atoms with E-state index in [1.165, 1.54) is 59.2 Å². The molecule has 2 heterocycles. The zero-order valence-electron chi connectivity index (χ0n) is 65.2. The number of phenols is 1. The number of aliphatic hydroxyl groups is 4. The lowest BCUT2D eigenvalue weighted by molar-refractivity contribution is -0.165. The Kier molecular flexibility index (Phi) is 38.8. The van der Waals surface area contributed by atoms with E-state index < -0.39 is 223 Å². The molecule has 624 valence electrons. The molecule has 0 saturated carbocycles. The number of ether oxygens (including phenoxy) is 2. The van der Waals surface area contributed by atoms with Crippen molar-refractivity contribution in [1.82, 2.24) is 52.3 Å². The highest BCUT2D eigenvalue weighted by Crippen LogP contribution is 2.30. The van der Waals surface area contributed by atoms with Crippen molar-refractivity contribution in [2.24, 2.45) is 85.6 Å². The maximum absolute atomic E-state index is 15.6. The van der Waals surface area contributed by atoms with E-state index in [2.05, 4.69) is 52.5 Å². The van der Waals surface area contributed by atoms with Crippen molar-refractivity contribution in [3.05, 3.63) is 29.8 Å². The number of nitrogens with zero attached hydrogens (tertiary/aromatic N) is 4. The highest BCUT2D eigenvalue weighted by Gasteiger charge is 2.47. The second-order valence-corrected chi connectivity index (χ2v) is 29.5. The Hall–Kier alpha value is -10.1. The summed E-state index contributed by atoms with van der Waals surface area (Å²) in [6.45, 7) is 14.4. The molecule has 20 atom stereocenters. The van der Waals surface area contributed by atoms with Crippen LogP contribution in [0.4, 0.5) is 0 Å². The number of aromatic hydroxyl groups is 1. The van der Waals surface area contributed by atoms with Crippen molar-refractivity contribution in [3.63, 3.8) is 0 Å². The first-order valence-corrected chi connectivity index (χ1v) is 37.1. The number of benzene rings is 1. The molecular weight excluding hydrogens is 1450 g/mol. The number of aliphatic imine (C=N–C) groups is 2. The van der Waals surface area contributed by atoms with Gasteiger partial charge in [-0.05, 0) is 119 Å². The van der Waals surface area contributed by atoms with Gasteiger partial charge in [-0.2, -0.15) is 0 Å². The Balaban J connectivity index is 2.38. The summed E-state index contributed by atoms with van der Waals surface area (Å²) >= 11 is 0. The second kappa shape index (κ2) is 45.3. The third-order valence-electron chi connectivity index (χ3n) is 19.5. The lowest BCUT2D eigenvalue weighted by Gasteiger charge is -2.39. The lowest BCUT2D eigenvalue weighted by Crippen LogP contribution is -2.65. The molecule has 2 aliphatic rings. The number of nitrogens with one attached hydrogen (secondary N) is 8. The summed E-state index contributed by atoms with van der Waals surface area (Å²) in [4.78, 5) is 211. The fourth-order valence-corrected chi connectivity index (χ4v) is 13.0. The number of carbonyl (C=O) groups excluding carboxylic acids is 14. The minimum atomic E-state index is -2.67. The second-order valence-electron chi connectivity index (χ2n) is 29.5. The predicted octanol–water partition coefficient (Wildman–Crippen LogP) is -6.05. The van der Waals surface area contributed by atoms with E-state index >= 15 is 24.0 Å². The van der Waals surface area contributed by atoms with E-state index in [0.717, 1.165) is 23.6 Å². The highest BCUT2D eigenvalue weighted by atomic mass is 16.5. The summed E-state index contributed by atoms with van der Waals surface area (Å²) in [6.07, 6.45) is -13.5. The first-order valence-electron chi connectivity index (χ1n) is 37.1. The normalized spacial score (nSPS) is 23.2. The van der Waals surface area contributed by atoms with Crippen LogP contribution in [0.15, 0.2) is 34.3 Å². The maximum Gasteiger partial charge on any atom is 0.329 e. The number of amides is 13. The highest BCUT2D eigenvalue weighted by molar-refractivity contribution is 6.00. The van der Waals surface area contributed by atoms with Crippen molar-refractivity contribution in [2.45, 2.75) is 243 Å². The van der Waals surface area contributed by atoms with Crippen LogP contribution in [0.25, 0.3) is 0 Å². The molecule has 0 radical (unpaired) electrons. The van der Waals surface area contributed by atoms with Gasteiger partial charge in [-0.3, -0.25) is 72.3 Å². The summed E-state index contributed by atoms with van der Waals surface area (Å²) in [7, 11) is 2.40. The maximum atomic E-state index is 15.6. The third-order valence-corrected chi connectivity index (χ3v) is 19.5. The minimum absolute atomic E-state index is 0.0507. The molecule has 40 nitrogen and oxygen atoms in total. The number of guanidine groups is 2. The van der Waals surface area contributed by atoms with E-state index in [9.17, 15) is 68.7 Å². The number of phenolic OH excluding ortho intramolecular Hbond substituents is 1. The van der Waals surface area contributed by atoms with Gasteiger partial charge in [-0.1, -0.05) is 67.5 Å². The van der Waals surface area contributed by atoms with Crippen LogP contribution in [0.2, 0.25) is 0 Å². The standard InChI is InChI=1S/C71H119N19O21/c1-32(2)29-34(5)54(95)37(8)59(99)83-44(31-49(73)94)61(101)81-42(17-15-26-79-70(75)76)55(96)56(97)66(106)85-50(35(6)36(7)58(74)98)63(103)87-52-39(10)111-69(109)47-19-13-14-28-90(47)68(108)53(57(110-12)40-20-22-41(92)23-21-40)88-62(102)46(24-25-48(72)93)89(11)67(107)45(30-33(3)4)84-60(100)43(18-16-27-80-71(77)78)82-64(104)51(38(9)91)86-65(52)105/h20-23,32-39,42-47,50-57,91-92,95-97H,13-19,24-31H2,1-12H3,(H2,72,93)(H2,73,94)(H2,74,98)(H,81,101)(H,82,104)(H,83,99)(H,84,100)(H,85,106)(H,86,105)(H,87,103)(H,88,102)(H4,75,76,79)(H4,77,78,80)/t34?,35-,36+,37?,38+,39+,42-,43+,44-,45?,46?,47-,50-,51?,52+,53+,54?,55?,56?,57?/m0/s1. The van der Waals surface area contributed by atoms with E-state index in [1.54, 1.807) is 20.8 Å². The SMILES string of the molecule is COC(c1ccc(O)cc1)[C@H]1NC(=O)C(CCC(N)=O)N(C)C(=O)C(CC(C)C)NC(=O)[C@@H](CCCN=C(N)N)NC(=O)C([C@@H](C)O)NC(=O)[C@H](NC(=O)[C@@H](NC(=O)C(O)C(O)[C@H](CCCN=C(N)N)NC(=O)[C@H](CC(N)=O)NC(=O)C(C)C(O)C(C)CC(C)C)[C@@H](C)[C@@H](C)C(N)=O)[C@@H](C)OC(=O)[C@@H]2CCCCN2C1=O. The fraction of sp³-hybridized carbons (Fsp3) is 0.690. The Morgan fingerprint density at radius 1 is 0.649 bits per heavy atom. The van der Waals surface area contributed by atoms with Gasteiger partial charge >= 0.3 is 5.97 Å². The lowest BCUT2D eigenvalue weighted by atomic mass is 9.87. The number of likely N-dealkylation sites (N-methyl/N-ethyl adjacent to an activating group) is 1. The van der Waals surface area contributed by atoms with Gasteiger partial charge in [-0.15, -0.1) is 0 Å². The van der Waals surface area contributed by atoms with Gasteiger partial charge in [0.1, 0.15) is 78.4 Å². The zero-order valence-corrected chi connectivity index (χ0v) is 65.2. The number of hydrogen-bond acceptors (Lipinski definition) is 23. The van der Waals surface area contributed by atoms with Crippen LogP contribution in [0.3, 0.4) is 0 Å².